The fourth-order valence-corrected chi connectivity index (χ4v) is 1.72. The Bertz CT molecular complexity index is 661. The number of pyridine rings is 1. The Labute approximate surface area is 133 Å². The van der Waals surface area contributed by atoms with Crippen LogP contribution in [-0.2, 0) is 11.4 Å². The summed E-state index contributed by atoms with van der Waals surface area (Å²) in [7, 11) is 0. The summed E-state index contributed by atoms with van der Waals surface area (Å²) in [5.74, 6) is -0.223. The maximum atomic E-state index is 11.6. The van der Waals surface area contributed by atoms with E-state index in [1.807, 2.05) is 30.3 Å². The normalized spacial score (nSPS) is 9.96. The smallest absolute Gasteiger partial charge is 0.420 e. The maximum Gasteiger partial charge on any atom is 0.420 e. The van der Waals surface area contributed by atoms with Gasteiger partial charge in [-0.1, -0.05) is 30.3 Å². The number of hydrogen-bond acceptors (Lipinski definition) is 6. The van der Waals surface area contributed by atoms with Crippen molar-refractivity contribution in [2.75, 3.05) is 6.54 Å². The van der Waals surface area contributed by atoms with E-state index >= 15 is 0 Å². The molecule has 0 saturated heterocycles. The average Bonchev–Trinajstić information content (AvgIpc) is 2.55. The van der Waals surface area contributed by atoms with Gasteiger partial charge in [-0.05, 0) is 17.7 Å². The molecule has 7 nitrogen and oxygen atoms in total. The SMILES string of the molecule is NCCC(=O)NC(=O)Oc1ncccc1OCc1ccccc1. The van der Waals surface area contributed by atoms with Crippen LogP contribution in [0, 0.1) is 0 Å². The van der Waals surface area contributed by atoms with E-state index in [4.69, 9.17) is 15.2 Å². The van der Waals surface area contributed by atoms with Gasteiger partial charge >= 0.3 is 6.09 Å². The van der Waals surface area contributed by atoms with Crippen LogP contribution in [0.5, 0.6) is 11.6 Å². The van der Waals surface area contributed by atoms with E-state index in [0.717, 1.165) is 5.56 Å². The third-order valence-electron chi connectivity index (χ3n) is 2.78. The molecule has 7 heteroatoms. The molecule has 23 heavy (non-hydrogen) atoms. The molecule has 0 aliphatic carbocycles. The van der Waals surface area contributed by atoms with Crippen molar-refractivity contribution in [3.05, 3.63) is 54.2 Å². The Morgan fingerprint density at radius 3 is 2.65 bits per heavy atom. The number of imide groups is 1. The number of carbonyl (C=O) groups excluding carboxylic acids is 2. The van der Waals surface area contributed by atoms with E-state index in [9.17, 15) is 9.59 Å². The van der Waals surface area contributed by atoms with Crippen LogP contribution in [0.4, 0.5) is 4.79 Å². The quantitative estimate of drug-likeness (QED) is 0.839. The number of carbonyl (C=O) groups is 2. The highest BCUT2D eigenvalue weighted by atomic mass is 16.6. The summed E-state index contributed by atoms with van der Waals surface area (Å²) in [4.78, 5) is 26.9. The molecule has 0 spiro atoms. The lowest BCUT2D eigenvalue weighted by Crippen LogP contribution is -2.34. The minimum Gasteiger partial charge on any atom is -0.483 e. The van der Waals surface area contributed by atoms with Crippen molar-refractivity contribution in [1.82, 2.24) is 10.3 Å². The highest BCUT2D eigenvalue weighted by Crippen LogP contribution is 2.24. The van der Waals surface area contributed by atoms with Gasteiger partial charge in [-0.15, -0.1) is 0 Å². The molecule has 2 aromatic rings. The van der Waals surface area contributed by atoms with Gasteiger partial charge in [0.05, 0.1) is 0 Å². The zero-order valence-electron chi connectivity index (χ0n) is 12.4. The van der Waals surface area contributed by atoms with Gasteiger partial charge in [-0.3, -0.25) is 10.1 Å². The van der Waals surface area contributed by atoms with Crippen LogP contribution >= 0.6 is 0 Å². The molecular formula is C16H17N3O4. The Balaban J connectivity index is 1.97. The van der Waals surface area contributed by atoms with Gasteiger partial charge in [-0.2, -0.15) is 0 Å². The van der Waals surface area contributed by atoms with Gasteiger partial charge in [0.2, 0.25) is 5.91 Å². The fourth-order valence-electron chi connectivity index (χ4n) is 1.72. The number of benzene rings is 1. The van der Waals surface area contributed by atoms with Crippen LogP contribution in [-0.4, -0.2) is 23.5 Å². The third-order valence-corrected chi connectivity index (χ3v) is 2.78. The van der Waals surface area contributed by atoms with E-state index in [2.05, 4.69) is 10.3 Å². The van der Waals surface area contributed by atoms with E-state index < -0.39 is 12.0 Å². The molecule has 0 aliphatic rings. The Hall–Kier alpha value is -2.93. The van der Waals surface area contributed by atoms with Crippen molar-refractivity contribution in [3.63, 3.8) is 0 Å². The van der Waals surface area contributed by atoms with Crippen LogP contribution in [0.15, 0.2) is 48.7 Å². The molecule has 1 heterocycles. The number of hydrogen-bond donors (Lipinski definition) is 2. The molecular weight excluding hydrogens is 298 g/mol. The van der Waals surface area contributed by atoms with Gasteiger partial charge in [0.1, 0.15) is 6.61 Å². The number of nitrogens with one attached hydrogen (secondary N) is 1. The molecule has 2 amide bonds. The number of rotatable bonds is 6. The second-order valence-electron chi connectivity index (χ2n) is 4.56. The summed E-state index contributed by atoms with van der Waals surface area (Å²) in [5.41, 5.74) is 6.19. The number of amides is 2. The summed E-state index contributed by atoms with van der Waals surface area (Å²) < 4.78 is 10.6. The van der Waals surface area contributed by atoms with Crippen LogP contribution in [0.25, 0.3) is 0 Å². The summed E-state index contributed by atoms with van der Waals surface area (Å²) in [6.07, 6.45) is 0.570. The van der Waals surface area contributed by atoms with E-state index in [-0.39, 0.29) is 18.8 Å². The molecule has 0 unspecified atom stereocenters. The van der Waals surface area contributed by atoms with Crippen molar-refractivity contribution >= 4 is 12.0 Å². The van der Waals surface area contributed by atoms with Crippen LogP contribution < -0.4 is 20.5 Å². The molecule has 0 atom stereocenters. The summed E-state index contributed by atoms with van der Waals surface area (Å²) in [5, 5.41) is 2.05. The van der Waals surface area contributed by atoms with Gasteiger partial charge in [0.15, 0.2) is 5.75 Å². The molecule has 0 saturated carbocycles. The second-order valence-corrected chi connectivity index (χ2v) is 4.56. The highest BCUT2D eigenvalue weighted by molar-refractivity contribution is 5.92. The third kappa shape index (κ3) is 5.40. The first-order valence-corrected chi connectivity index (χ1v) is 7.02. The fraction of sp³-hybridized carbons (Fsp3) is 0.188. The van der Waals surface area contributed by atoms with Crippen molar-refractivity contribution in [3.8, 4) is 11.6 Å². The van der Waals surface area contributed by atoms with Crippen molar-refractivity contribution in [2.45, 2.75) is 13.0 Å². The molecule has 1 aromatic heterocycles. The molecule has 0 radical (unpaired) electrons. The minimum atomic E-state index is -0.924. The Morgan fingerprint density at radius 1 is 1.13 bits per heavy atom. The number of nitrogens with two attached hydrogens (primary N) is 1. The van der Waals surface area contributed by atoms with Crippen LogP contribution in [0.3, 0.4) is 0 Å². The molecule has 2 rings (SSSR count). The molecule has 0 fully saturated rings. The lowest BCUT2D eigenvalue weighted by molar-refractivity contribution is -0.120. The zero-order valence-corrected chi connectivity index (χ0v) is 12.4. The largest absolute Gasteiger partial charge is 0.483 e. The number of aromatic nitrogens is 1. The van der Waals surface area contributed by atoms with Gasteiger partial charge in [0, 0.05) is 19.2 Å². The predicted molar refractivity (Wildman–Crippen MR) is 82.8 cm³/mol. The summed E-state index contributed by atoms with van der Waals surface area (Å²) >= 11 is 0. The maximum absolute atomic E-state index is 11.6. The molecule has 120 valence electrons. The first kappa shape index (κ1) is 16.4. The molecule has 3 N–H and O–H groups in total. The topological polar surface area (TPSA) is 104 Å². The minimum absolute atomic E-state index is 0.0125. The van der Waals surface area contributed by atoms with Crippen LogP contribution in [0.2, 0.25) is 0 Å². The molecule has 1 aromatic carbocycles. The lowest BCUT2D eigenvalue weighted by atomic mass is 10.2. The van der Waals surface area contributed by atoms with Gasteiger partial charge < -0.3 is 15.2 Å². The first-order valence-electron chi connectivity index (χ1n) is 7.02. The van der Waals surface area contributed by atoms with Gasteiger partial charge in [0.25, 0.3) is 5.88 Å². The Morgan fingerprint density at radius 2 is 1.91 bits per heavy atom. The van der Waals surface area contributed by atoms with Crippen molar-refractivity contribution < 1.29 is 19.1 Å². The monoisotopic (exact) mass is 315 g/mol. The predicted octanol–water partition coefficient (Wildman–Crippen LogP) is 1.62. The number of nitrogens with zero attached hydrogens (tertiary/aromatic N) is 1. The van der Waals surface area contributed by atoms with Crippen molar-refractivity contribution in [1.29, 1.82) is 0 Å². The van der Waals surface area contributed by atoms with Gasteiger partial charge in [-0.25, -0.2) is 9.78 Å². The molecule has 0 bridgehead atoms. The average molecular weight is 315 g/mol. The van der Waals surface area contributed by atoms with E-state index in [0.29, 0.717) is 12.4 Å². The lowest BCUT2D eigenvalue weighted by Gasteiger charge is -2.10. The number of ether oxygens (including phenoxy) is 2. The van der Waals surface area contributed by atoms with Crippen LogP contribution in [0.1, 0.15) is 12.0 Å². The Kier molecular flexibility index (Phi) is 6.07. The highest BCUT2D eigenvalue weighted by Gasteiger charge is 2.14. The summed E-state index contributed by atoms with van der Waals surface area (Å²) in [6, 6.07) is 12.8. The second kappa shape index (κ2) is 8.50. The zero-order chi connectivity index (χ0) is 16.5. The molecule has 0 aliphatic heterocycles. The first-order chi connectivity index (χ1) is 11.2. The van der Waals surface area contributed by atoms with E-state index in [1.54, 1.807) is 12.1 Å². The summed E-state index contributed by atoms with van der Waals surface area (Å²) in [6.45, 7) is 0.449. The standard InChI is InChI=1S/C16H17N3O4/c17-9-8-14(20)19-16(21)23-15-13(7-4-10-18-15)22-11-12-5-2-1-3-6-12/h1-7,10H,8-9,11,17H2,(H,19,20,21). The van der Waals surface area contributed by atoms with Crippen molar-refractivity contribution in [2.24, 2.45) is 5.73 Å². The van der Waals surface area contributed by atoms with E-state index in [1.165, 1.54) is 6.20 Å².